The molecule has 3 unspecified atom stereocenters. The van der Waals surface area contributed by atoms with Crippen LogP contribution in [0.15, 0.2) is 24.0 Å². The predicted octanol–water partition coefficient (Wildman–Crippen LogP) is 8.28. The lowest BCUT2D eigenvalue weighted by Crippen LogP contribution is -2.38. The molecule has 0 saturated heterocycles. The van der Waals surface area contributed by atoms with Gasteiger partial charge >= 0.3 is 0 Å². The van der Waals surface area contributed by atoms with E-state index in [0.29, 0.717) is 29.3 Å². The van der Waals surface area contributed by atoms with Crippen molar-refractivity contribution in [3.8, 4) is 0 Å². The van der Waals surface area contributed by atoms with Crippen LogP contribution >= 0.6 is 0 Å². The molecular formula is C27H48O2. The lowest BCUT2D eigenvalue weighted by molar-refractivity contribution is -0.207. The molecule has 0 aromatic carbocycles. The largest absolute Gasteiger partial charge is 0.465 e. The highest BCUT2D eigenvalue weighted by atomic mass is 16.7. The molecule has 2 heteroatoms. The molecule has 1 fully saturated rings. The molecule has 2 aliphatic carbocycles. The van der Waals surface area contributed by atoms with E-state index in [0.717, 1.165) is 18.6 Å². The molecular weight excluding hydrogens is 356 g/mol. The van der Waals surface area contributed by atoms with Gasteiger partial charge in [-0.05, 0) is 67.4 Å². The van der Waals surface area contributed by atoms with Gasteiger partial charge in [0.15, 0.2) is 0 Å². The van der Waals surface area contributed by atoms with Gasteiger partial charge in [-0.2, -0.15) is 0 Å². The second-order valence-corrected chi connectivity index (χ2v) is 11.7. The maximum Gasteiger partial charge on any atom is 0.205 e. The van der Waals surface area contributed by atoms with E-state index in [-0.39, 0.29) is 11.7 Å². The second kappa shape index (κ2) is 10.5. The molecule has 0 heterocycles. The van der Waals surface area contributed by atoms with Gasteiger partial charge in [-0.1, -0.05) is 80.7 Å². The zero-order chi connectivity index (χ0) is 21.7. The molecule has 2 rings (SSSR count). The minimum absolute atomic E-state index is 0.00960. The van der Waals surface area contributed by atoms with Gasteiger partial charge in [0, 0.05) is 5.41 Å². The van der Waals surface area contributed by atoms with Crippen LogP contribution in [0, 0.1) is 28.6 Å². The maximum atomic E-state index is 6.53. The number of ether oxygens (including phenoxy) is 2. The van der Waals surface area contributed by atoms with E-state index in [9.17, 15) is 0 Å². The van der Waals surface area contributed by atoms with Crippen LogP contribution in [0.2, 0.25) is 0 Å². The molecule has 0 aliphatic heterocycles. The Morgan fingerprint density at radius 3 is 2.17 bits per heavy atom. The van der Waals surface area contributed by atoms with E-state index in [1.807, 2.05) is 0 Å². The standard InChI is InChI=1S/C27H48O2/c1-9-27(7,8)25(28-22-13-11-10-12-14-22)29-23-17-15-21(16-18-23)24(20(2)3)19-26(4,5)6/h15,17-18,20-22,24-25H,9-14,16,19H2,1-8H3. The molecule has 0 spiro atoms. The van der Waals surface area contributed by atoms with Gasteiger partial charge in [0.1, 0.15) is 5.76 Å². The van der Waals surface area contributed by atoms with Crippen molar-refractivity contribution in [1.29, 1.82) is 0 Å². The molecule has 0 amide bonds. The monoisotopic (exact) mass is 404 g/mol. The number of hydrogen-bond acceptors (Lipinski definition) is 2. The fourth-order valence-corrected chi connectivity index (χ4v) is 4.65. The summed E-state index contributed by atoms with van der Waals surface area (Å²) in [6.07, 6.45) is 16.8. The first-order chi connectivity index (χ1) is 13.5. The highest BCUT2D eigenvalue weighted by Gasteiger charge is 2.34. The average Bonchev–Trinajstić information content (AvgIpc) is 2.66. The van der Waals surface area contributed by atoms with Crippen LogP contribution < -0.4 is 0 Å². The zero-order valence-corrected chi connectivity index (χ0v) is 20.6. The second-order valence-electron chi connectivity index (χ2n) is 11.7. The van der Waals surface area contributed by atoms with Gasteiger partial charge in [-0.25, -0.2) is 0 Å². The lowest BCUT2D eigenvalue weighted by atomic mass is 9.71. The van der Waals surface area contributed by atoms with E-state index in [2.05, 4.69) is 73.6 Å². The summed E-state index contributed by atoms with van der Waals surface area (Å²) in [5.41, 5.74) is 0.378. The fraction of sp³-hybridized carbons (Fsp3) is 0.852. The van der Waals surface area contributed by atoms with Gasteiger partial charge in [0.05, 0.1) is 6.10 Å². The van der Waals surface area contributed by atoms with Crippen molar-refractivity contribution in [3.63, 3.8) is 0 Å². The quantitative estimate of drug-likeness (QED) is 0.360. The van der Waals surface area contributed by atoms with Crippen molar-refractivity contribution in [1.82, 2.24) is 0 Å². The van der Waals surface area contributed by atoms with Crippen LogP contribution in [-0.2, 0) is 9.47 Å². The predicted molar refractivity (Wildman–Crippen MR) is 125 cm³/mol. The summed E-state index contributed by atoms with van der Waals surface area (Å²) in [6.45, 7) is 18.6. The molecule has 0 N–H and O–H groups in total. The van der Waals surface area contributed by atoms with Crippen molar-refractivity contribution in [2.24, 2.45) is 28.6 Å². The summed E-state index contributed by atoms with van der Waals surface area (Å²) < 4.78 is 13.0. The van der Waals surface area contributed by atoms with Crippen LogP contribution in [0.3, 0.4) is 0 Å². The summed E-state index contributed by atoms with van der Waals surface area (Å²) in [5.74, 6) is 3.02. The summed E-state index contributed by atoms with van der Waals surface area (Å²) in [4.78, 5) is 0. The Bertz CT molecular complexity index is 543. The lowest BCUT2D eigenvalue weighted by Gasteiger charge is -2.38. The Labute approximate surface area is 181 Å². The molecule has 168 valence electrons. The number of rotatable bonds is 9. The Morgan fingerprint density at radius 1 is 1.03 bits per heavy atom. The molecule has 0 bridgehead atoms. The first kappa shape index (κ1) is 24.5. The molecule has 0 aromatic rings. The van der Waals surface area contributed by atoms with Crippen LogP contribution in [0.5, 0.6) is 0 Å². The Balaban J connectivity index is 2.02. The van der Waals surface area contributed by atoms with Gasteiger partial charge in [0.2, 0.25) is 6.29 Å². The van der Waals surface area contributed by atoms with E-state index in [1.54, 1.807) is 0 Å². The molecule has 0 radical (unpaired) electrons. The van der Waals surface area contributed by atoms with E-state index < -0.39 is 0 Å². The molecule has 2 aliphatic rings. The number of allylic oxidation sites excluding steroid dienone is 3. The molecule has 0 aromatic heterocycles. The summed E-state index contributed by atoms with van der Waals surface area (Å²) >= 11 is 0. The Hall–Kier alpha value is -0.760. The van der Waals surface area contributed by atoms with Crippen LogP contribution in [0.1, 0.15) is 107 Å². The molecule has 2 nitrogen and oxygen atoms in total. The van der Waals surface area contributed by atoms with Gasteiger partial charge in [-0.15, -0.1) is 0 Å². The van der Waals surface area contributed by atoms with Gasteiger partial charge < -0.3 is 9.47 Å². The van der Waals surface area contributed by atoms with Crippen molar-refractivity contribution in [3.05, 3.63) is 24.0 Å². The maximum absolute atomic E-state index is 6.53. The third-order valence-corrected chi connectivity index (χ3v) is 7.01. The highest BCUT2D eigenvalue weighted by molar-refractivity contribution is 5.19. The Morgan fingerprint density at radius 2 is 1.69 bits per heavy atom. The minimum atomic E-state index is -0.168. The smallest absolute Gasteiger partial charge is 0.205 e. The third kappa shape index (κ3) is 7.78. The minimum Gasteiger partial charge on any atom is -0.465 e. The molecule has 1 saturated carbocycles. The van der Waals surface area contributed by atoms with Crippen LogP contribution in [-0.4, -0.2) is 12.4 Å². The van der Waals surface area contributed by atoms with Crippen molar-refractivity contribution < 1.29 is 9.47 Å². The van der Waals surface area contributed by atoms with E-state index in [1.165, 1.54) is 38.5 Å². The first-order valence-corrected chi connectivity index (χ1v) is 12.2. The normalized spacial score (nSPS) is 23.8. The summed E-state index contributed by atoms with van der Waals surface area (Å²) in [7, 11) is 0. The van der Waals surface area contributed by atoms with Crippen molar-refractivity contribution in [2.75, 3.05) is 0 Å². The van der Waals surface area contributed by atoms with Gasteiger partial charge in [0.25, 0.3) is 0 Å². The number of hydrogen-bond donors (Lipinski definition) is 0. The van der Waals surface area contributed by atoms with Crippen molar-refractivity contribution in [2.45, 2.75) is 119 Å². The first-order valence-electron chi connectivity index (χ1n) is 12.2. The average molecular weight is 405 g/mol. The topological polar surface area (TPSA) is 18.5 Å². The van der Waals surface area contributed by atoms with Crippen LogP contribution in [0.25, 0.3) is 0 Å². The summed E-state index contributed by atoms with van der Waals surface area (Å²) in [6, 6.07) is 0. The fourth-order valence-electron chi connectivity index (χ4n) is 4.65. The van der Waals surface area contributed by atoms with E-state index in [4.69, 9.17) is 9.47 Å². The van der Waals surface area contributed by atoms with Crippen molar-refractivity contribution >= 4 is 0 Å². The van der Waals surface area contributed by atoms with Crippen LogP contribution in [0.4, 0.5) is 0 Å². The zero-order valence-electron chi connectivity index (χ0n) is 20.6. The highest BCUT2D eigenvalue weighted by Crippen LogP contribution is 2.39. The molecule has 29 heavy (non-hydrogen) atoms. The third-order valence-electron chi connectivity index (χ3n) is 7.01. The van der Waals surface area contributed by atoms with E-state index >= 15 is 0 Å². The van der Waals surface area contributed by atoms with Gasteiger partial charge in [-0.3, -0.25) is 0 Å². The SMILES string of the molecule is CCC(C)(C)C(OC1=CCC(C(CC(C)(C)C)C(C)C)C=C1)OC1CCCCC1. The Kier molecular flexibility index (Phi) is 8.88. The summed E-state index contributed by atoms with van der Waals surface area (Å²) in [5, 5.41) is 0. The molecule has 3 atom stereocenters.